The van der Waals surface area contributed by atoms with Crippen LogP contribution in [-0.2, 0) is 4.74 Å². The van der Waals surface area contributed by atoms with Gasteiger partial charge in [-0.25, -0.2) is 0 Å². The molecule has 0 aliphatic heterocycles. The summed E-state index contributed by atoms with van der Waals surface area (Å²) in [7, 11) is 0. The summed E-state index contributed by atoms with van der Waals surface area (Å²) in [6.07, 6.45) is 18.5. The molecule has 3 saturated carbocycles. The maximum Gasteiger partial charge on any atom is 0.0575 e. The maximum absolute atomic E-state index is 6.31. The minimum Gasteiger partial charge on any atom is -0.378 e. The van der Waals surface area contributed by atoms with Gasteiger partial charge in [-0.15, -0.1) is 0 Å². The zero-order valence-electron chi connectivity index (χ0n) is 15.9. The van der Waals surface area contributed by atoms with Crippen LogP contribution in [0.2, 0.25) is 0 Å². The van der Waals surface area contributed by atoms with Gasteiger partial charge in [0.2, 0.25) is 0 Å². The van der Waals surface area contributed by atoms with Crippen LogP contribution in [0.3, 0.4) is 0 Å². The van der Waals surface area contributed by atoms with Gasteiger partial charge in [0.25, 0.3) is 0 Å². The Morgan fingerprint density at radius 1 is 0.750 bits per heavy atom. The van der Waals surface area contributed by atoms with Crippen LogP contribution >= 0.6 is 0 Å². The molecule has 0 N–H and O–H groups in total. The molecule has 0 unspecified atom stereocenters. The molecule has 0 aromatic rings. The third-order valence-corrected chi connectivity index (χ3v) is 7.50. The number of rotatable bonds is 6. The van der Waals surface area contributed by atoms with Crippen molar-refractivity contribution in [1.29, 1.82) is 0 Å². The quantitative estimate of drug-likeness (QED) is 0.543. The fourth-order valence-corrected chi connectivity index (χ4v) is 5.56. The van der Waals surface area contributed by atoms with E-state index in [1.54, 1.807) is 0 Å². The van der Waals surface area contributed by atoms with Crippen molar-refractivity contribution >= 4 is 6.72 Å². The SMILES string of the molecule is C=NC1CCC(C2CCC(COC3CCC(CC)CC3)CC2)CC1. The van der Waals surface area contributed by atoms with Gasteiger partial charge in [-0.1, -0.05) is 13.3 Å². The summed E-state index contributed by atoms with van der Waals surface area (Å²) >= 11 is 0. The van der Waals surface area contributed by atoms with Gasteiger partial charge in [-0.05, 0) is 107 Å². The first-order valence-electron chi connectivity index (χ1n) is 10.9. The zero-order chi connectivity index (χ0) is 16.8. The molecule has 0 aromatic heterocycles. The monoisotopic (exact) mass is 333 g/mol. The average Bonchev–Trinajstić information content (AvgIpc) is 2.67. The maximum atomic E-state index is 6.31. The molecular weight excluding hydrogens is 294 g/mol. The Balaban J connectivity index is 1.30. The highest BCUT2D eigenvalue weighted by molar-refractivity contribution is 5.24. The molecular formula is C22H39NO. The zero-order valence-corrected chi connectivity index (χ0v) is 15.9. The molecule has 0 aromatic carbocycles. The topological polar surface area (TPSA) is 21.6 Å². The smallest absolute Gasteiger partial charge is 0.0575 e. The van der Waals surface area contributed by atoms with Gasteiger partial charge >= 0.3 is 0 Å². The Kier molecular flexibility index (Phi) is 7.19. The number of hydrogen-bond donors (Lipinski definition) is 0. The summed E-state index contributed by atoms with van der Waals surface area (Å²) in [4.78, 5) is 4.25. The van der Waals surface area contributed by atoms with Crippen LogP contribution in [0.25, 0.3) is 0 Å². The van der Waals surface area contributed by atoms with Crippen molar-refractivity contribution in [3.63, 3.8) is 0 Å². The van der Waals surface area contributed by atoms with Crippen molar-refractivity contribution in [3.8, 4) is 0 Å². The average molecular weight is 334 g/mol. The van der Waals surface area contributed by atoms with E-state index < -0.39 is 0 Å². The van der Waals surface area contributed by atoms with Gasteiger partial charge in [0.15, 0.2) is 0 Å². The first-order valence-corrected chi connectivity index (χ1v) is 10.9. The van der Waals surface area contributed by atoms with Gasteiger partial charge in [0.05, 0.1) is 6.10 Å². The van der Waals surface area contributed by atoms with E-state index >= 15 is 0 Å². The predicted octanol–water partition coefficient (Wildman–Crippen LogP) is 6.04. The molecule has 3 aliphatic carbocycles. The summed E-state index contributed by atoms with van der Waals surface area (Å²) in [5.74, 6) is 3.80. The highest BCUT2D eigenvalue weighted by Crippen LogP contribution is 2.40. The fraction of sp³-hybridized carbons (Fsp3) is 0.955. The summed E-state index contributed by atoms with van der Waals surface area (Å²) < 4.78 is 6.31. The second-order valence-electron chi connectivity index (χ2n) is 8.92. The van der Waals surface area contributed by atoms with Crippen molar-refractivity contribution in [3.05, 3.63) is 0 Å². The highest BCUT2D eigenvalue weighted by atomic mass is 16.5. The number of nitrogens with zero attached hydrogens (tertiary/aromatic N) is 1. The van der Waals surface area contributed by atoms with E-state index in [4.69, 9.17) is 4.74 Å². The van der Waals surface area contributed by atoms with Crippen molar-refractivity contribution in [2.75, 3.05) is 6.61 Å². The third kappa shape index (κ3) is 5.07. The fourth-order valence-electron chi connectivity index (χ4n) is 5.56. The van der Waals surface area contributed by atoms with Gasteiger partial charge in [0.1, 0.15) is 0 Å². The van der Waals surface area contributed by atoms with E-state index in [-0.39, 0.29) is 0 Å². The van der Waals surface area contributed by atoms with Crippen molar-refractivity contribution in [1.82, 2.24) is 0 Å². The van der Waals surface area contributed by atoms with Crippen molar-refractivity contribution < 1.29 is 4.74 Å². The Bertz CT molecular complexity index is 358. The Labute approximate surface area is 149 Å². The van der Waals surface area contributed by atoms with Crippen LogP contribution < -0.4 is 0 Å². The summed E-state index contributed by atoms with van der Waals surface area (Å²) in [6.45, 7) is 7.12. The molecule has 2 heteroatoms. The molecule has 0 bridgehead atoms. The van der Waals surface area contributed by atoms with Crippen LogP contribution in [0.1, 0.15) is 90.4 Å². The summed E-state index contributed by atoms with van der Waals surface area (Å²) in [5.41, 5.74) is 0. The second kappa shape index (κ2) is 9.36. The third-order valence-electron chi connectivity index (χ3n) is 7.50. The summed E-state index contributed by atoms with van der Waals surface area (Å²) in [5, 5.41) is 0. The molecule has 3 aliphatic rings. The molecule has 2 nitrogen and oxygen atoms in total. The van der Waals surface area contributed by atoms with E-state index in [1.165, 1.54) is 83.5 Å². The molecule has 0 saturated heterocycles. The van der Waals surface area contributed by atoms with E-state index in [9.17, 15) is 0 Å². The van der Waals surface area contributed by atoms with Crippen molar-refractivity contribution in [2.24, 2.45) is 28.7 Å². The number of ether oxygens (including phenoxy) is 1. The largest absolute Gasteiger partial charge is 0.378 e. The molecule has 0 atom stereocenters. The lowest BCUT2D eigenvalue weighted by Crippen LogP contribution is -2.29. The Hall–Kier alpha value is -0.370. The molecule has 0 radical (unpaired) electrons. The van der Waals surface area contributed by atoms with Gasteiger partial charge in [-0.3, -0.25) is 4.99 Å². The lowest BCUT2D eigenvalue weighted by atomic mass is 9.70. The first kappa shape index (κ1) is 18.4. The predicted molar refractivity (Wildman–Crippen MR) is 103 cm³/mol. The molecule has 0 spiro atoms. The van der Waals surface area contributed by atoms with Crippen LogP contribution in [-0.4, -0.2) is 25.5 Å². The molecule has 3 fully saturated rings. The van der Waals surface area contributed by atoms with Gasteiger partial charge in [0, 0.05) is 12.6 Å². The van der Waals surface area contributed by atoms with Crippen LogP contribution in [0.5, 0.6) is 0 Å². The minimum atomic E-state index is 0.564. The molecule has 138 valence electrons. The Morgan fingerprint density at radius 2 is 1.29 bits per heavy atom. The second-order valence-corrected chi connectivity index (χ2v) is 8.92. The van der Waals surface area contributed by atoms with E-state index in [0.717, 1.165) is 30.3 Å². The molecule has 0 amide bonds. The lowest BCUT2D eigenvalue weighted by Gasteiger charge is -2.37. The molecule has 0 heterocycles. The molecule has 24 heavy (non-hydrogen) atoms. The standard InChI is InChI=1S/C22H39NO/c1-3-17-6-14-22(15-7-17)24-16-18-4-8-19(9-5-18)20-10-12-21(23-2)13-11-20/h17-22H,2-16H2,1H3. The van der Waals surface area contributed by atoms with Crippen molar-refractivity contribution in [2.45, 2.75) is 103 Å². The number of aliphatic imine (C=N–C) groups is 1. The summed E-state index contributed by atoms with van der Waals surface area (Å²) in [6, 6.07) is 0.564. The van der Waals surface area contributed by atoms with E-state index in [0.29, 0.717) is 12.1 Å². The van der Waals surface area contributed by atoms with Gasteiger partial charge < -0.3 is 4.74 Å². The highest BCUT2D eigenvalue weighted by Gasteiger charge is 2.31. The van der Waals surface area contributed by atoms with Crippen LogP contribution in [0, 0.1) is 23.7 Å². The van der Waals surface area contributed by atoms with Crippen LogP contribution in [0.15, 0.2) is 4.99 Å². The van der Waals surface area contributed by atoms with E-state index in [2.05, 4.69) is 18.6 Å². The Morgan fingerprint density at radius 3 is 1.83 bits per heavy atom. The van der Waals surface area contributed by atoms with E-state index in [1.807, 2.05) is 0 Å². The minimum absolute atomic E-state index is 0.564. The normalized spacial score (nSPS) is 41.0. The van der Waals surface area contributed by atoms with Crippen LogP contribution in [0.4, 0.5) is 0 Å². The first-order chi connectivity index (χ1) is 11.8. The molecule has 3 rings (SSSR count). The number of hydrogen-bond acceptors (Lipinski definition) is 2. The lowest BCUT2D eigenvalue weighted by molar-refractivity contribution is -0.0123. The van der Waals surface area contributed by atoms with Gasteiger partial charge in [-0.2, -0.15) is 0 Å².